The molecule has 0 fully saturated rings. The molecule has 0 aliphatic rings. The maximum atomic E-state index is 12.5. The molecule has 2 rings (SSSR count). The summed E-state index contributed by atoms with van der Waals surface area (Å²) in [5.41, 5.74) is -0.810. The first-order chi connectivity index (χ1) is 10.2. The third-order valence-corrected chi connectivity index (χ3v) is 3.08. The number of pyridine rings is 1. The molecule has 10 heteroatoms. The van der Waals surface area contributed by atoms with Crippen molar-refractivity contribution in [3.05, 3.63) is 40.3 Å². The summed E-state index contributed by atoms with van der Waals surface area (Å²) in [6, 6.07) is 2.11. The fourth-order valence-electron chi connectivity index (χ4n) is 1.67. The van der Waals surface area contributed by atoms with Gasteiger partial charge in [0.25, 0.3) is 0 Å². The summed E-state index contributed by atoms with van der Waals surface area (Å²) in [6.45, 7) is -0.00127. The fraction of sp³-hybridized carbons (Fsp3) is 0.250. The second kappa shape index (κ2) is 5.84. The zero-order chi connectivity index (χ0) is 16.5. The summed E-state index contributed by atoms with van der Waals surface area (Å²) in [6.07, 6.45) is -3.42. The zero-order valence-electron chi connectivity index (χ0n) is 11.1. The van der Waals surface area contributed by atoms with E-state index in [0.29, 0.717) is 0 Å². The van der Waals surface area contributed by atoms with Crippen molar-refractivity contribution in [2.45, 2.75) is 12.7 Å². The normalized spacial score (nSPS) is 11.5. The first-order valence-electron chi connectivity index (χ1n) is 5.91. The summed E-state index contributed by atoms with van der Waals surface area (Å²) >= 11 is 5.87. The van der Waals surface area contributed by atoms with Crippen LogP contribution < -0.4 is 5.32 Å². The summed E-state index contributed by atoms with van der Waals surface area (Å²) in [7, 11) is 1.38. The summed E-state index contributed by atoms with van der Waals surface area (Å²) in [5.74, 6) is -1.01. The lowest BCUT2D eigenvalue weighted by Gasteiger charge is -2.08. The molecule has 0 unspecified atom stereocenters. The Bertz CT molecular complexity index is 715. The number of anilines is 1. The number of hydrogen-bond acceptors (Lipinski definition) is 4. The smallest absolute Gasteiger partial charge is 0.435 e. The van der Waals surface area contributed by atoms with Gasteiger partial charge in [-0.05, 0) is 12.1 Å². The second-order valence-electron chi connectivity index (χ2n) is 4.36. The zero-order valence-corrected chi connectivity index (χ0v) is 11.9. The van der Waals surface area contributed by atoms with Crippen molar-refractivity contribution in [3.63, 3.8) is 0 Å². The minimum atomic E-state index is -4.52. The minimum absolute atomic E-state index is 0.00127. The Kier molecular flexibility index (Phi) is 4.27. The molecule has 2 N–H and O–H groups in total. The molecule has 0 spiro atoms. The van der Waals surface area contributed by atoms with Gasteiger partial charge in [0, 0.05) is 13.2 Å². The van der Waals surface area contributed by atoms with Gasteiger partial charge in [-0.2, -0.15) is 18.3 Å². The number of carboxylic acids is 1. The Morgan fingerprint density at radius 2 is 2.14 bits per heavy atom. The molecular weight excluding hydrogens is 325 g/mol. The average Bonchev–Trinajstić information content (AvgIpc) is 2.78. The SMILES string of the molecule is Cn1nc(C(F)(F)F)cc1CNc1ncc(C(=O)O)cc1Cl. The Hall–Kier alpha value is -2.29. The highest BCUT2D eigenvalue weighted by Gasteiger charge is 2.34. The lowest BCUT2D eigenvalue weighted by Crippen LogP contribution is -2.08. The van der Waals surface area contributed by atoms with Crippen LogP contribution in [0.15, 0.2) is 18.3 Å². The average molecular weight is 335 g/mol. The highest BCUT2D eigenvalue weighted by atomic mass is 35.5. The van der Waals surface area contributed by atoms with Gasteiger partial charge in [0.2, 0.25) is 0 Å². The van der Waals surface area contributed by atoms with E-state index in [1.165, 1.54) is 13.1 Å². The molecule has 6 nitrogen and oxygen atoms in total. The van der Waals surface area contributed by atoms with E-state index in [-0.39, 0.29) is 28.6 Å². The lowest BCUT2D eigenvalue weighted by atomic mass is 10.3. The number of aryl methyl sites for hydroxylation is 1. The molecule has 2 aromatic heterocycles. The van der Waals surface area contributed by atoms with E-state index in [0.717, 1.165) is 16.9 Å². The molecular formula is C12H10ClF3N4O2. The van der Waals surface area contributed by atoms with Crippen LogP contribution in [0.1, 0.15) is 21.7 Å². The highest BCUT2D eigenvalue weighted by Crippen LogP contribution is 2.28. The molecule has 0 saturated heterocycles. The van der Waals surface area contributed by atoms with Crippen molar-refractivity contribution in [1.29, 1.82) is 0 Å². The first-order valence-corrected chi connectivity index (χ1v) is 6.29. The van der Waals surface area contributed by atoms with E-state index in [9.17, 15) is 18.0 Å². The Balaban J connectivity index is 2.14. The van der Waals surface area contributed by atoms with Crippen molar-refractivity contribution < 1.29 is 23.1 Å². The van der Waals surface area contributed by atoms with Crippen molar-refractivity contribution in [1.82, 2.24) is 14.8 Å². The molecule has 0 aliphatic carbocycles. The number of alkyl halides is 3. The molecule has 0 aliphatic heterocycles. The van der Waals surface area contributed by atoms with Crippen LogP contribution in [0.3, 0.4) is 0 Å². The highest BCUT2D eigenvalue weighted by molar-refractivity contribution is 6.33. The van der Waals surface area contributed by atoms with Gasteiger partial charge in [-0.1, -0.05) is 11.6 Å². The van der Waals surface area contributed by atoms with Crippen LogP contribution in [0.5, 0.6) is 0 Å². The van der Waals surface area contributed by atoms with Gasteiger partial charge in [-0.15, -0.1) is 0 Å². The Labute approximate surface area is 127 Å². The summed E-state index contributed by atoms with van der Waals surface area (Å²) < 4.78 is 38.7. The minimum Gasteiger partial charge on any atom is -0.478 e. The van der Waals surface area contributed by atoms with Gasteiger partial charge in [-0.25, -0.2) is 9.78 Å². The number of aromatic carboxylic acids is 1. The molecule has 0 bridgehead atoms. The number of nitrogens with zero attached hydrogens (tertiary/aromatic N) is 3. The van der Waals surface area contributed by atoms with E-state index in [4.69, 9.17) is 16.7 Å². The maximum Gasteiger partial charge on any atom is 0.435 e. The number of hydrogen-bond donors (Lipinski definition) is 2. The van der Waals surface area contributed by atoms with Gasteiger partial charge >= 0.3 is 12.1 Å². The van der Waals surface area contributed by atoms with Crippen LogP contribution in [-0.2, 0) is 19.8 Å². The van der Waals surface area contributed by atoms with Gasteiger partial charge in [0.1, 0.15) is 5.82 Å². The largest absolute Gasteiger partial charge is 0.478 e. The van der Waals surface area contributed by atoms with E-state index in [1.807, 2.05) is 0 Å². The predicted octanol–water partition coefficient (Wildman–Crippen LogP) is 2.80. The van der Waals surface area contributed by atoms with Crippen LogP contribution in [0.4, 0.5) is 19.0 Å². The van der Waals surface area contributed by atoms with E-state index in [1.54, 1.807) is 0 Å². The molecule has 22 heavy (non-hydrogen) atoms. The van der Waals surface area contributed by atoms with Crippen molar-refractivity contribution in [2.75, 3.05) is 5.32 Å². The second-order valence-corrected chi connectivity index (χ2v) is 4.76. The van der Waals surface area contributed by atoms with Gasteiger partial charge in [-0.3, -0.25) is 4.68 Å². The molecule has 0 amide bonds. The van der Waals surface area contributed by atoms with Gasteiger partial charge < -0.3 is 10.4 Å². The van der Waals surface area contributed by atoms with Crippen molar-refractivity contribution in [3.8, 4) is 0 Å². The molecule has 0 radical (unpaired) electrons. The molecule has 2 aromatic rings. The maximum absolute atomic E-state index is 12.5. The molecule has 118 valence electrons. The van der Waals surface area contributed by atoms with Crippen LogP contribution in [-0.4, -0.2) is 25.8 Å². The van der Waals surface area contributed by atoms with Gasteiger partial charge in [0.05, 0.1) is 22.8 Å². The third-order valence-electron chi connectivity index (χ3n) is 2.79. The summed E-state index contributed by atoms with van der Waals surface area (Å²) in [5, 5.41) is 15.0. The number of aromatic nitrogens is 3. The van der Waals surface area contributed by atoms with E-state index < -0.39 is 17.8 Å². The lowest BCUT2D eigenvalue weighted by molar-refractivity contribution is -0.141. The number of nitrogens with one attached hydrogen (secondary N) is 1. The monoisotopic (exact) mass is 334 g/mol. The van der Waals surface area contributed by atoms with Gasteiger partial charge in [0.15, 0.2) is 5.69 Å². The molecule has 0 saturated carbocycles. The Morgan fingerprint density at radius 3 is 2.64 bits per heavy atom. The third kappa shape index (κ3) is 3.48. The van der Waals surface area contributed by atoms with Crippen LogP contribution in [0.2, 0.25) is 5.02 Å². The molecule has 0 aromatic carbocycles. The summed E-state index contributed by atoms with van der Waals surface area (Å²) in [4.78, 5) is 14.6. The van der Waals surface area contributed by atoms with Crippen molar-refractivity contribution in [2.24, 2.45) is 7.05 Å². The molecule has 0 atom stereocenters. The van der Waals surface area contributed by atoms with E-state index >= 15 is 0 Å². The van der Waals surface area contributed by atoms with Crippen LogP contribution in [0.25, 0.3) is 0 Å². The van der Waals surface area contributed by atoms with Crippen molar-refractivity contribution >= 4 is 23.4 Å². The topological polar surface area (TPSA) is 80.0 Å². The molecule has 2 heterocycles. The fourth-order valence-corrected chi connectivity index (χ4v) is 1.90. The number of rotatable bonds is 4. The standard InChI is InChI=1S/C12H10ClF3N4O2/c1-20-7(3-9(19-20)12(14,15)16)5-18-10-8(13)2-6(4-17-10)11(21)22/h2-4H,5H2,1H3,(H,17,18)(H,21,22). The predicted molar refractivity (Wildman–Crippen MR) is 71.7 cm³/mol. The van der Waals surface area contributed by atoms with Crippen LogP contribution >= 0.6 is 11.6 Å². The quantitative estimate of drug-likeness (QED) is 0.898. The Morgan fingerprint density at radius 1 is 1.45 bits per heavy atom. The number of carboxylic acid groups (broad SMARTS) is 1. The number of halogens is 4. The van der Waals surface area contributed by atoms with Crippen LogP contribution in [0, 0.1) is 0 Å². The van der Waals surface area contributed by atoms with E-state index in [2.05, 4.69) is 15.4 Å². The first kappa shape index (κ1) is 16.1. The number of carbonyl (C=O) groups is 1.